The zero-order chi connectivity index (χ0) is 13.5. The van der Waals surface area contributed by atoms with Crippen LogP contribution in [0.1, 0.15) is 24.6 Å². The Labute approximate surface area is 114 Å². The van der Waals surface area contributed by atoms with Crippen LogP contribution in [0.25, 0.3) is 0 Å². The Bertz CT molecular complexity index is 508. The number of benzene rings is 1. The zero-order valence-electron chi connectivity index (χ0n) is 11.6. The van der Waals surface area contributed by atoms with Crippen molar-refractivity contribution >= 4 is 0 Å². The van der Waals surface area contributed by atoms with Crippen LogP contribution in [0.15, 0.2) is 36.8 Å². The molecular formula is C15H21N3O. The molecule has 1 aromatic carbocycles. The third-order valence-corrected chi connectivity index (χ3v) is 2.93. The van der Waals surface area contributed by atoms with Crippen molar-refractivity contribution in [2.45, 2.75) is 33.0 Å². The lowest BCUT2D eigenvalue weighted by atomic mass is 10.2. The van der Waals surface area contributed by atoms with Gasteiger partial charge in [0.25, 0.3) is 0 Å². The van der Waals surface area contributed by atoms with Crippen molar-refractivity contribution in [2.24, 2.45) is 0 Å². The predicted octanol–water partition coefficient (Wildman–Crippen LogP) is 2.59. The van der Waals surface area contributed by atoms with Crippen molar-refractivity contribution in [3.8, 4) is 5.75 Å². The van der Waals surface area contributed by atoms with Crippen LogP contribution in [0.3, 0.4) is 0 Å². The van der Waals surface area contributed by atoms with Gasteiger partial charge in [-0.15, -0.1) is 0 Å². The molecule has 2 rings (SSSR count). The summed E-state index contributed by atoms with van der Waals surface area (Å²) in [6, 6.07) is 8.16. The maximum Gasteiger partial charge on any atom is 0.130 e. The van der Waals surface area contributed by atoms with Crippen LogP contribution < -0.4 is 10.1 Å². The summed E-state index contributed by atoms with van der Waals surface area (Å²) in [5.41, 5.74) is 2.34. The molecule has 1 heterocycles. The van der Waals surface area contributed by atoms with Crippen LogP contribution in [0.4, 0.5) is 0 Å². The summed E-state index contributed by atoms with van der Waals surface area (Å²) < 4.78 is 7.97. The van der Waals surface area contributed by atoms with Gasteiger partial charge in [-0.25, -0.2) is 4.98 Å². The molecule has 0 atom stereocenters. The van der Waals surface area contributed by atoms with E-state index in [1.54, 1.807) is 0 Å². The first kappa shape index (κ1) is 13.6. The molecule has 0 bridgehead atoms. The van der Waals surface area contributed by atoms with Crippen molar-refractivity contribution in [3.05, 3.63) is 48.0 Å². The predicted molar refractivity (Wildman–Crippen MR) is 76.1 cm³/mol. The largest absolute Gasteiger partial charge is 0.487 e. The summed E-state index contributed by atoms with van der Waals surface area (Å²) in [4.78, 5) is 4.17. The lowest BCUT2D eigenvalue weighted by Gasteiger charge is -2.10. The number of rotatable bonds is 7. The quantitative estimate of drug-likeness (QED) is 0.830. The Morgan fingerprint density at radius 1 is 1.37 bits per heavy atom. The summed E-state index contributed by atoms with van der Waals surface area (Å²) in [6.45, 7) is 4.55. The number of nitrogens with one attached hydrogen (secondary N) is 1. The van der Waals surface area contributed by atoms with Crippen molar-refractivity contribution in [2.75, 3.05) is 7.05 Å². The van der Waals surface area contributed by atoms with E-state index in [9.17, 15) is 0 Å². The summed E-state index contributed by atoms with van der Waals surface area (Å²) in [5.74, 6) is 0.900. The molecule has 0 aliphatic carbocycles. The minimum atomic E-state index is 0.559. The van der Waals surface area contributed by atoms with E-state index >= 15 is 0 Å². The summed E-state index contributed by atoms with van der Waals surface area (Å²) in [7, 11) is 1.94. The highest BCUT2D eigenvalue weighted by atomic mass is 16.5. The Kier molecular flexibility index (Phi) is 4.98. The van der Waals surface area contributed by atoms with Gasteiger partial charge in [0.1, 0.15) is 12.4 Å². The Morgan fingerprint density at radius 2 is 2.26 bits per heavy atom. The van der Waals surface area contributed by atoms with Crippen molar-refractivity contribution in [1.82, 2.24) is 14.9 Å². The molecule has 1 aromatic heterocycles. The fraction of sp³-hybridized carbons (Fsp3) is 0.400. The van der Waals surface area contributed by atoms with Crippen LogP contribution in [-0.4, -0.2) is 16.6 Å². The second kappa shape index (κ2) is 6.95. The molecule has 0 aliphatic heterocycles. The van der Waals surface area contributed by atoms with Gasteiger partial charge in [0.15, 0.2) is 0 Å². The lowest BCUT2D eigenvalue weighted by Crippen LogP contribution is -2.06. The standard InChI is InChI=1S/C15H21N3O/c1-3-7-18-12-17-10-14(18)11-19-15-6-4-5-13(8-15)9-16-2/h4-6,8,10,12,16H,3,7,9,11H2,1-2H3. The van der Waals surface area contributed by atoms with Gasteiger partial charge in [0, 0.05) is 13.1 Å². The van der Waals surface area contributed by atoms with E-state index < -0.39 is 0 Å². The molecule has 0 radical (unpaired) electrons. The number of hydrogen-bond donors (Lipinski definition) is 1. The number of ether oxygens (including phenoxy) is 1. The van der Waals surface area contributed by atoms with E-state index in [0.717, 1.165) is 31.0 Å². The molecule has 0 saturated heterocycles. The van der Waals surface area contributed by atoms with Crippen molar-refractivity contribution < 1.29 is 4.74 Å². The molecule has 0 spiro atoms. The fourth-order valence-corrected chi connectivity index (χ4v) is 2.02. The highest BCUT2D eigenvalue weighted by molar-refractivity contribution is 5.28. The molecule has 0 amide bonds. The van der Waals surface area contributed by atoms with Crippen LogP contribution in [-0.2, 0) is 19.7 Å². The van der Waals surface area contributed by atoms with Crippen LogP contribution in [0.2, 0.25) is 0 Å². The van der Waals surface area contributed by atoms with Crippen LogP contribution >= 0.6 is 0 Å². The summed E-state index contributed by atoms with van der Waals surface area (Å²) >= 11 is 0. The first-order valence-corrected chi connectivity index (χ1v) is 6.69. The summed E-state index contributed by atoms with van der Waals surface area (Å²) in [5, 5.41) is 3.14. The van der Waals surface area contributed by atoms with Gasteiger partial charge in [-0.2, -0.15) is 0 Å². The van der Waals surface area contributed by atoms with Crippen LogP contribution in [0, 0.1) is 0 Å². The highest BCUT2D eigenvalue weighted by Crippen LogP contribution is 2.15. The number of imidazole rings is 1. The minimum Gasteiger partial charge on any atom is -0.487 e. The maximum atomic E-state index is 5.84. The smallest absolute Gasteiger partial charge is 0.130 e. The monoisotopic (exact) mass is 259 g/mol. The molecule has 4 nitrogen and oxygen atoms in total. The number of nitrogens with zero attached hydrogens (tertiary/aromatic N) is 2. The topological polar surface area (TPSA) is 39.1 Å². The van der Waals surface area contributed by atoms with Gasteiger partial charge in [0.05, 0.1) is 18.2 Å². The fourth-order valence-electron chi connectivity index (χ4n) is 2.02. The van der Waals surface area contributed by atoms with Gasteiger partial charge in [-0.3, -0.25) is 0 Å². The van der Waals surface area contributed by atoms with Crippen LogP contribution in [0.5, 0.6) is 5.75 Å². The molecule has 2 aromatic rings. The van der Waals surface area contributed by atoms with E-state index in [1.807, 2.05) is 31.7 Å². The van der Waals surface area contributed by atoms with Crippen molar-refractivity contribution in [1.29, 1.82) is 0 Å². The maximum absolute atomic E-state index is 5.84. The molecule has 1 N–H and O–H groups in total. The number of aryl methyl sites for hydroxylation is 1. The molecule has 0 unspecified atom stereocenters. The Balaban J connectivity index is 1.97. The molecule has 102 valence electrons. The molecule has 0 fully saturated rings. The average molecular weight is 259 g/mol. The second-order valence-electron chi connectivity index (χ2n) is 4.54. The molecule has 0 aliphatic rings. The average Bonchev–Trinajstić information content (AvgIpc) is 2.85. The number of aromatic nitrogens is 2. The Morgan fingerprint density at radius 3 is 3.05 bits per heavy atom. The molecular weight excluding hydrogens is 238 g/mol. The van der Waals surface area contributed by atoms with E-state index in [2.05, 4.69) is 33.9 Å². The third-order valence-electron chi connectivity index (χ3n) is 2.93. The van der Waals surface area contributed by atoms with E-state index in [4.69, 9.17) is 4.74 Å². The molecule has 4 heteroatoms. The zero-order valence-corrected chi connectivity index (χ0v) is 11.6. The van der Waals surface area contributed by atoms with Gasteiger partial charge >= 0.3 is 0 Å². The molecule has 19 heavy (non-hydrogen) atoms. The Hall–Kier alpha value is -1.81. The first-order valence-electron chi connectivity index (χ1n) is 6.69. The second-order valence-corrected chi connectivity index (χ2v) is 4.54. The van der Waals surface area contributed by atoms with Gasteiger partial charge in [-0.1, -0.05) is 19.1 Å². The molecule has 0 saturated carbocycles. The minimum absolute atomic E-state index is 0.559. The van der Waals surface area contributed by atoms with Gasteiger partial charge in [-0.05, 0) is 31.2 Å². The number of hydrogen-bond acceptors (Lipinski definition) is 3. The SMILES string of the molecule is CCCn1cncc1COc1cccc(CNC)c1. The normalized spacial score (nSPS) is 10.6. The lowest BCUT2D eigenvalue weighted by molar-refractivity contribution is 0.294. The van der Waals surface area contributed by atoms with E-state index in [0.29, 0.717) is 6.61 Å². The van der Waals surface area contributed by atoms with E-state index in [1.165, 1.54) is 5.56 Å². The van der Waals surface area contributed by atoms with Gasteiger partial charge < -0.3 is 14.6 Å². The van der Waals surface area contributed by atoms with Gasteiger partial charge in [0.2, 0.25) is 0 Å². The third kappa shape index (κ3) is 3.83. The highest BCUT2D eigenvalue weighted by Gasteiger charge is 2.03. The summed E-state index contributed by atoms with van der Waals surface area (Å²) in [6.07, 6.45) is 4.83. The van der Waals surface area contributed by atoms with E-state index in [-0.39, 0.29) is 0 Å². The van der Waals surface area contributed by atoms with Crippen molar-refractivity contribution in [3.63, 3.8) is 0 Å². The first-order chi connectivity index (χ1) is 9.33.